The highest BCUT2D eigenvalue weighted by molar-refractivity contribution is 7.89. The van der Waals surface area contributed by atoms with Crippen LogP contribution in [0.25, 0.3) is 0 Å². The number of thiocarbonyl (C=S) groups is 1. The van der Waals surface area contributed by atoms with Gasteiger partial charge in [-0.2, -0.15) is 0 Å². The van der Waals surface area contributed by atoms with E-state index in [1.165, 1.54) is 0 Å². The SMILES string of the molecule is CC(C)(C)CCS(=O)(=O)NCc1ccc(C(N)=S)cc1. The second-order valence-electron chi connectivity index (χ2n) is 6.01. The van der Waals surface area contributed by atoms with E-state index in [1.807, 2.05) is 32.9 Å². The molecule has 0 aromatic heterocycles. The van der Waals surface area contributed by atoms with Crippen LogP contribution in [-0.4, -0.2) is 19.2 Å². The molecule has 6 heteroatoms. The Balaban J connectivity index is 2.56. The summed E-state index contributed by atoms with van der Waals surface area (Å²) in [5, 5.41) is 0. The molecule has 4 nitrogen and oxygen atoms in total. The fourth-order valence-electron chi connectivity index (χ4n) is 1.49. The molecular formula is C14H22N2O2S2. The lowest BCUT2D eigenvalue weighted by Crippen LogP contribution is -2.28. The molecule has 0 radical (unpaired) electrons. The van der Waals surface area contributed by atoms with Crippen LogP contribution in [0, 0.1) is 5.41 Å². The fraction of sp³-hybridized carbons (Fsp3) is 0.500. The van der Waals surface area contributed by atoms with Gasteiger partial charge in [0.25, 0.3) is 0 Å². The van der Waals surface area contributed by atoms with Crippen LogP contribution in [0.4, 0.5) is 0 Å². The molecule has 0 aliphatic rings. The zero-order valence-electron chi connectivity index (χ0n) is 12.1. The molecular weight excluding hydrogens is 292 g/mol. The Morgan fingerprint density at radius 1 is 1.25 bits per heavy atom. The van der Waals surface area contributed by atoms with Crippen molar-refractivity contribution in [1.29, 1.82) is 0 Å². The molecule has 0 heterocycles. The van der Waals surface area contributed by atoms with Gasteiger partial charge in [0, 0.05) is 12.1 Å². The molecule has 0 saturated carbocycles. The molecule has 1 rings (SSSR count). The molecule has 0 aliphatic carbocycles. The summed E-state index contributed by atoms with van der Waals surface area (Å²) >= 11 is 4.86. The van der Waals surface area contributed by atoms with Gasteiger partial charge in [-0.15, -0.1) is 0 Å². The van der Waals surface area contributed by atoms with E-state index >= 15 is 0 Å². The lowest BCUT2D eigenvalue weighted by atomic mass is 9.94. The molecule has 0 aliphatic heterocycles. The average molecular weight is 314 g/mol. The van der Waals surface area contributed by atoms with Crippen molar-refractivity contribution in [1.82, 2.24) is 4.72 Å². The van der Waals surface area contributed by atoms with Crippen LogP contribution in [0.2, 0.25) is 0 Å². The maximum atomic E-state index is 11.9. The maximum absolute atomic E-state index is 11.9. The van der Waals surface area contributed by atoms with Gasteiger partial charge in [0.15, 0.2) is 0 Å². The predicted octanol–water partition coefficient (Wildman–Crippen LogP) is 2.18. The number of hydrogen-bond donors (Lipinski definition) is 2. The Hall–Kier alpha value is -0.980. The number of nitrogens with one attached hydrogen (secondary N) is 1. The van der Waals surface area contributed by atoms with Gasteiger partial charge >= 0.3 is 0 Å². The summed E-state index contributed by atoms with van der Waals surface area (Å²) in [6.45, 7) is 6.36. The highest BCUT2D eigenvalue weighted by atomic mass is 32.2. The molecule has 1 aromatic rings. The maximum Gasteiger partial charge on any atom is 0.211 e. The second kappa shape index (κ2) is 6.65. The number of nitrogens with two attached hydrogens (primary N) is 1. The zero-order chi connectivity index (χ0) is 15.4. The van der Waals surface area contributed by atoms with Gasteiger partial charge < -0.3 is 5.73 Å². The molecule has 0 unspecified atom stereocenters. The minimum Gasteiger partial charge on any atom is -0.389 e. The van der Waals surface area contributed by atoms with Crippen LogP contribution < -0.4 is 10.5 Å². The summed E-state index contributed by atoms with van der Waals surface area (Å²) < 4.78 is 26.4. The Morgan fingerprint density at radius 2 is 1.80 bits per heavy atom. The number of benzene rings is 1. The Morgan fingerprint density at radius 3 is 2.25 bits per heavy atom. The minimum atomic E-state index is -3.24. The third-order valence-corrected chi connectivity index (χ3v) is 4.42. The van der Waals surface area contributed by atoms with Crippen molar-refractivity contribution in [3.05, 3.63) is 35.4 Å². The summed E-state index contributed by atoms with van der Waals surface area (Å²) in [6, 6.07) is 7.23. The van der Waals surface area contributed by atoms with Gasteiger partial charge in [-0.25, -0.2) is 13.1 Å². The van der Waals surface area contributed by atoms with Gasteiger partial charge in [-0.3, -0.25) is 0 Å². The molecule has 1 aromatic carbocycles. The first-order valence-electron chi connectivity index (χ1n) is 6.45. The summed E-state index contributed by atoms with van der Waals surface area (Å²) in [4.78, 5) is 0.335. The van der Waals surface area contributed by atoms with Crippen LogP contribution >= 0.6 is 12.2 Å². The Bertz CT molecular complexity index is 558. The van der Waals surface area contributed by atoms with Crippen LogP contribution in [0.15, 0.2) is 24.3 Å². The molecule has 0 fully saturated rings. The van der Waals surface area contributed by atoms with E-state index in [0.29, 0.717) is 11.4 Å². The van der Waals surface area contributed by atoms with Crippen molar-refractivity contribution < 1.29 is 8.42 Å². The molecule has 3 N–H and O–H groups in total. The predicted molar refractivity (Wildman–Crippen MR) is 87.0 cm³/mol. The topological polar surface area (TPSA) is 72.2 Å². The second-order valence-corrected chi connectivity index (χ2v) is 8.38. The van der Waals surface area contributed by atoms with Gasteiger partial charge in [0.1, 0.15) is 4.99 Å². The molecule has 0 saturated heterocycles. The van der Waals surface area contributed by atoms with E-state index in [-0.39, 0.29) is 17.7 Å². The highest BCUT2D eigenvalue weighted by Gasteiger charge is 2.16. The first-order chi connectivity index (χ1) is 9.09. The lowest BCUT2D eigenvalue weighted by molar-refractivity contribution is 0.396. The van der Waals surface area contributed by atoms with Crippen LogP contribution in [-0.2, 0) is 16.6 Å². The summed E-state index contributed by atoms with van der Waals surface area (Å²) in [6.07, 6.45) is 0.628. The van der Waals surface area contributed by atoms with Crippen molar-refractivity contribution >= 4 is 27.2 Å². The normalized spacial score (nSPS) is 12.3. The molecule has 0 atom stereocenters. The van der Waals surface area contributed by atoms with Gasteiger partial charge in [0.2, 0.25) is 10.0 Å². The highest BCUT2D eigenvalue weighted by Crippen LogP contribution is 2.19. The van der Waals surface area contributed by atoms with E-state index in [2.05, 4.69) is 4.72 Å². The first kappa shape index (κ1) is 17.1. The van der Waals surface area contributed by atoms with Crippen LogP contribution in [0.3, 0.4) is 0 Å². The quantitative estimate of drug-likeness (QED) is 0.789. The first-order valence-corrected chi connectivity index (χ1v) is 8.51. The van der Waals surface area contributed by atoms with E-state index in [9.17, 15) is 8.42 Å². The van der Waals surface area contributed by atoms with E-state index in [4.69, 9.17) is 18.0 Å². The minimum absolute atomic E-state index is 0.00716. The van der Waals surface area contributed by atoms with Crippen molar-refractivity contribution in [2.24, 2.45) is 11.1 Å². The van der Waals surface area contributed by atoms with Crippen molar-refractivity contribution in [2.45, 2.75) is 33.7 Å². The average Bonchev–Trinajstić information content (AvgIpc) is 2.34. The van der Waals surface area contributed by atoms with Crippen LogP contribution in [0.5, 0.6) is 0 Å². The fourth-order valence-corrected chi connectivity index (χ4v) is 3.04. The summed E-state index contributed by atoms with van der Waals surface area (Å²) in [5.41, 5.74) is 7.17. The Labute approximate surface area is 126 Å². The summed E-state index contributed by atoms with van der Waals surface area (Å²) in [5.74, 6) is 0.140. The van der Waals surface area contributed by atoms with Crippen molar-refractivity contribution in [2.75, 3.05) is 5.75 Å². The van der Waals surface area contributed by atoms with Crippen LogP contribution in [0.1, 0.15) is 38.3 Å². The van der Waals surface area contributed by atoms with E-state index in [0.717, 1.165) is 11.1 Å². The monoisotopic (exact) mass is 314 g/mol. The zero-order valence-corrected chi connectivity index (χ0v) is 13.8. The standard InChI is InChI=1S/C14H22N2O2S2/c1-14(2,3)8-9-20(17,18)16-10-11-4-6-12(7-5-11)13(15)19/h4-7,16H,8-10H2,1-3H3,(H2,15,19). The largest absolute Gasteiger partial charge is 0.389 e. The Kier molecular flexibility index (Phi) is 5.68. The van der Waals surface area contributed by atoms with Crippen molar-refractivity contribution in [3.63, 3.8) is 0 Å². The van der Waals surface area contributed by atoms with Gasteiger partial charge in [-0.05, 0) is 17.4 Å². The molecule has 0 amide bonds. The molecule has 112 valence electrons. The third kappa shape index (κ3) is 6.45. The molecule has 0 spiro atoms. The molecule has 20 heavy (non-hydrogen) atoms. The smallest absolute Gasteiger partial charge is 0.211 e. The number of rotatable bonds is 6. The van der Waals surface area contributed by atoms with Gasteiger partial charge in [0.05, 0.1) is 5.75 Å². The number of sulfonamides is 1. The number of hydrogen-bond acceptors (Lipinski definition) is 3. The lowest BCUT2D eigenvalue weighted by Gasteiger charge is -2.17. The third-order valence-electron chi connectivity index (χ3n) is 2.86. The van der Waals surface area contributed by atoms with E-state index in [1.54, 1.807) is 12.1 Å². The summed E-state index contributed by atoms with van der Waals surface area (Å²) in [7, 11) is -3.24. The van der Waals surface area contributed by atoms with Gasteiger partial charge in [-0.1, -0.05) is 57.3 Å². The molecule has 0 bridgehead atoms. The van der Waals surface area contributed by atoms with Crippen molar-refractivity contribution in [3.8, 4) is 0 Å². The van der Waals surface area contributed by atoms with E-state index < -0.39 is 10.0 Å².